The Morgan fingerprint density at radius 3 is 1.92 bits per heavy atom. The lowest BCUT2D eigenvalue weighted by Crippen LogP contribution is -2.43. The molecule has 0 saturated carbocycles. The van der Waals surface area contributed by atoms with Crippen LogP contribution in [0.3, 0.4) is 0 Å². The monoisotopic (exact) mass is 175 g/mol. The van der Waals surface area contributed by atoms with Crippen molar-refractivity contribution in [3.63, 3.8) is 0 Å². The van der Waals surface area contributed by atoms with Crippen LogP contribution in [0, 0.1) is 5.41 Å². The Morgan fingerprint density at radius 2 is 1.58 bits per heavy atom. The standard InChI is InChI=1S/C10H22FN/c1-9(2,3)8-10(4,5)12-7-6-11/h12H,6-8H2,1-5H3. The van der Waals surface area contributed by atoms with E-state index in [0.717, 1.165) is 6.42 Å². The number of hydrogen-bond donors (Lipinski definition) is 1. The van der Waals surface area contributed by atoms with E-state index in [1.165, 1.54) is 0 Å². The van der Waals surface area contributed by atoms with Gasteiger partial charge in [0.25, 0.3) is 0 Å². The molecule has 0 bridgehead atoms. The molecule has 0 aliphatic heterocycles. The Bertz CT molecular complexity index is 124. The first kappa shape index (κ1) is 11.9. The van der Waals surface area contributed by atoms with Crippen LogP contribution in [-0.2, 0) is 0 Å². The summed E-state index contributed by atoms with van der Waals surface area (Å²) in [5.41, 5.74) is 0.344. The fourth-order valence-electron chi connectivity index (χ4n) is 1.77. The van der Waals surface area contributed by atoms with Crippen molar-refractivity contribution in [2.24, 2.45) is 5.41 Å². The van der Waals surface area contributed by atoms with Gasteiger partial charge in [-0.05, 0) is 25.7 Å². The third-order valence-electron chi connectivity index (χ3n) is 1.67. The first-order valence-corrected chi connectivity index (χ1v) is 4.58. The minimum atomic E-state index is -0.284. The number of alkyl halides is 1. The third-order valence-corrected chi connectivity index (χ3v) is 1.67. The van der Waals surface area contributed by atoms with Crippen molar-refractivity contribution in [1.82, 2.24) is 5.32 Å². The quantitative estimate of drug-likeness (QED) is 0.692. The average Bonchev–Trinajstić information content (AvgIpc) is 1.78. The van der Waals surface area contributed by atoms with Crippen LogP contribution < -0.4 is 5.32 Å². The van der Waals surface area contributed by atoms with Crippen LogP contribution in [0.15, 0.2) is 0 Å². The summed E-state index contributed by atoms with van der Waals surface area (Å²) in [7, 11) is 0. The summed E-state index contributed by atoms with van der Waals surface area (Å²) in [5, 5.41) is 3.19. The molecule has 1 N–H and O–H groups in total. The lowest BCUT2D eigenvalue weighted by Gasteiger charge is -2.33. The van der Waals surface area contributed by atoms with E-state index in [1.54, 1.807) is 0 Å². The fourth-order valence-corrected chi connectivity index (χ4v) is 1.77. The van der Waals surface area contributed by atoms with E-state index in [-0.39, 0.29) is 12.2 Å². The molecule has 1 nitrogen and oxygen atoms in total. The summed E-state index contributed by atoms with van der Waals surface area (Å²) in [6, 6.07) is 0. The van der Waals surface area contributed by atoms with E-state index >= 15 is 0 Å². The van der Waals surface area contributed by atoms with Gasteiger partial charge in [-0.3, -0.25) is 0 Å². The summed E-state index contributed by atoms with van der Waals surface area (Å²) in [4.78, 5) is 0. The molecule has 0 saturated heterocycles. The van der Waals surface area contributed by atoms with E-state index in [9.17, 15) is 4.39 Å². The SMILES string of the molecule is CC(C)(C)CC(C)(C)NCCF. The first-order chi connectivity index (χ1) is 5.27. The van der Waals surface area contributed by atoms with Gasteiger partial charge in [0.2, 0.25) is 0 Å². The number of halogens is 1. The van der Waals surface area contributed by atoms with Gasteiger partial charge < -0.3 is 5.32 Å². The highest BCUT2D eigenvalue weighted by Gasteiger charge is 2.24. The second-order valence-electron chi connectivity index (χ2n) is 5.24. The van der Waals surface area contributed by atoms with Crippen LogP contribution in [-0.4, -0.2) is 18.8 Å². The Morgan fingerprint density at radius 1 is 1.08 bits per heavy atom. The molecule has 12 heavy (non-hydrogen) atoms. The number of nitrogens with one attached hydrogen (secondary N) is 1. The third kappa shape index (κ3) is 6.59. The molecule has 0 aromatic rings. The van der Waals surface area contributed by atoms with E-state index in [2.05, 4.69) is 39.9 Å². The van der Waals surface area contributed by atoms with Crippen LogP contribution in [0.2, 0.25) is 0 Å². The molecule has 2 heteroatoms. The maximum absolute atomic E-state index is 11.9. The molecule has 0 aliphatic rings. The summed E-state index contributed by atoms with van der Waals surface area (Å²) >= 11 is 0. The van der Waals surface area contributed by atoms with Gasteiger partial charge in [-0.25, -0.2) is 4.39 Å². The minimum Gasteiger partial charge on any atom is -0.309 e. The zero-order valence-electron chi connectivity index (χ0n) is 9.00. The molecule has 0 unspecified atom stereocenters. The van der Waals surface area contributed by atoms with E-state index in [0.29, 0.717) is 12.0 Å². The highest BCUT2D eigenvalue weighted by atomic mass is 19.1. The van der Waals surface area contributed by atoms with E-state index < -0.39 is 0 Å². The Kier molecular flexibility index (Phi) is 4.18. The molecule has 0 spiro atoms. The highest BCUT2D eigenvalue weighted by molar-refractivity contribution is 4.82. The van der Waals surface area contributed by atoms with E-state index in [4.69, 9.17) is 0 Å². The Hall–Kier alpha value is -0.110. The van der Waals surface area contributed by atoms with Gasteiger partial charge >= 0.3 is 0 Å². The summed E-state index contributed by atoms with van der Waals surface area (Å²) in [5.74, 6) is 0. The van der Waals surface area contributed by atoms with Crippen molar-refractivity contribution in [2.45, 2.75) is 46.6 Å². The highest BCUT2D eigenvalue weighted by Crippen LogP contribution is 2.26. The maximum atomic E-state index is 11.9. The van der Waals surface area contributed by atoms with Crippen molar-refractivity contribution in [1.29, 1.82) is 0 Å². The minimum absolute atomic E-state index is 0.0460. The molecule has 0 rings (SSSR count). The second-order valence-corrected chi connectivity index (χ2v) is 5.24. The van der Waals surface area contributed by atoms with Gasteiger partial charge in [0, 0.05) is 12.1 Å². The zero-order chi connectivity index (χ0) is 9.83. The number of rotatable bonds is 4. The predicted molar refractivity (Wildman–Crippen MR) is 52.1 cm³/mol. The van der Waals surface area contributed by atoms with Crippen LogP contribution >= 0.6 is 0 Å². The lowest BCUT2D eigenvalue weighted by molar-refractivity contribution is 0.237. The van der Waals surface area contributed by atoms with Gasteiger partial charge in [-0.15, -0.1) is 0 Å². The van der Waals surface area contributed by atoms with Crippen LogP contribution in [0.25, 0.3) is 0 Å². The van der Waals surface area contributed by atoms with Crippen molar-refractivity contribution >= 4 is 0 Å². The van der Waals surface area contributed by atoms with Gasteiger partial charge in [0.15, 0.2) is 0 Å². The smallest absolute Gasteiger partial charge is 0.102 e. The number of hydrogen-bond acceptors (Lipinski definition) is 1. The van der Waals surface area contributed by atoms with Gasteiger partial charge in [-0.2, -0.15) is 0 Å². The van der Waals surface area contributed by atoms with Crippen LogP contribution in [0.5, 0.6) is 0 Å². The maximum Gasteiger partial charge on any atom is 0.102 e. The average molecular weight is 175 g/mol. The molecule has 0 fully saturated rings. The molecule has 0 amide bonds. The van der Waals surface area contributed by atoms with Crippen molar-refractivity contribution in [3.8, 4) is 0 Å². The molecule has 0 heterocycles. The van der Waals surface area contributed by atoms with Gasteiger partial charge in [-0.1, -0.05) is 20.8 Å². The summed E-state index contributed by atoms with van der Waals surface area (Å²) < 4.78 is 11.9. The lowest BCUT2D eigenvalue weighted by atomic mass is 9.82. The molecular weight excluding hydrogens is 153 g/mol. The largest absolute Gasteiger partial charge is 0.309 e. The zero-order valence-corrected chi connectivity index (χ0v) is 9.00. The molecule has 0 aromatic heterocycles. The fraction of sp³-hybridized carbons (Fsp3) is 1.00. The Labute approximate surface area is 75.7 Å². The van der Waals surface area contributed by atoms with Gasteiger partial charge in [0.05, 0.1) is 0 Å². The molecule has 74 valence electrons. The van der Waals surface area contributed by atoms with Crippen molar-refractivity contribution in [3.05, 3.63) is 0 Å². The molecule has 0 radical (unpaired) electrons. The van der Waals surface area contributed by atoms with E-state index in [1.807, 2.05) is 0 Å². The summed E-state index contributed by atoms with van der Waals surface area (Å²) in [6.07, 6.45) is 1.06. The Balaban J connectivity index is 3.86. The molecule has 0 atom stereocenters. The van der Waals surface area contributed by atoms with Gasteiger partial charge in [0.1, 0.15) is 6.67 Å². The topological polar surface area (TPSA) is 12.0 Å². The van der Waals surface area contributed by atoms with Crippen molar-refractivity contribution < 1.29 is 4.39 Å². The van der Waals surface area contributed by atoms with Crippen LogP contribution in [0.1, 0.15) is 41.0 Å². The molecule has 0 aliphatic carbocycles. The summed E-state index contributed by atoms with van der Waals surface area (Å²) in [6.45, 7) is 11.0. The van der Waals surface area contributed by atoms with Crippen LogP contribution in [0.4, 0.5) is 4.39 Å². The predicted octanol–water partition coefficient (Wildman–Crippen LogP) is 2.76. The molecule has 0 aromatic carbocycles. The molecular formula is C10H22FN. The van der Waals surface area contributed by atoms with Crippen molar-refractivity contribution in [2.75, 3.05) is 13.2 Å². The second kappa shape index (κ2) is 4.22. The normalized spacial score (nSPS) is 13.5. The first-order valence-electron chi connectivity index (χ1n) is 4.58.